The molecule has 2 heterocycles. The van der Waals surface area contributed by atoms with Gasteiger partial charge in [-0.1, -0.05) is 6.07 Å². The van der Waals surface area contributed by atoms with Gasteiger partial charge >= 0.3 is 0 Å². The van der Waals surface area contributed by atoms with Crippen molar-refractivity contribution < 1.29 is 18.8 Å². The lowest BCUT2D eigenvalue weighted by atomic mass is 10.3. The Labute approximate surface area is 153 Å². The molecule has 0 aliphatic carbocycles. The van der Waals surface area contributed by atoms with Crippen molar-refractivity contribution in [3.8, 4) is 0 Å². The van der Waals surface area contributed by atoms with Crippen molar-refractivity contribution in [3.63, 3.8) is 0 Å². The molecule has 2 aromatic rings. The number of thioether (sulfide) groups is 1. The van der Waals surface area contributed by atoms with E-state index in [4.69, 9.17) is 0 Å². The maximum absolute atomic E-state index is 12.9. The first-order valence-electron chi connectivity index (χ1n) is 7.67. The van der Waals surface area contributed by atoms with Crippen molar-refractivity contribution in [3.05, 3.63) is 64.6 Å². The summed E-state index contributed by atoms with van der Waals surface area (Å²) in [6, 6.07) is 10.5. The molecule has 1 aliphatic heterocycles. The van der Waals surface area contributed by atoms with Crippen LogP contribution in [0.25, 0.3) is 6.08 Å². The number of amides is 3. The fraction of sp³-hybridized carbons (Fsp3) is 0.111. The Bertz CT molecular complexity index is 912. The van der Waals surface area contributed by atoms with E-state index in [1.807, 2.05) is 13.0 Å². The van der Waals surface area contributed by atoms with Crippen molar-refractivity contribution in [1.82, 2.24) is 9.88 Å². The van der Waals surface area contributed by atoms with Crippen LogP contribution in [-0.2, 0) is 9.59 Å². The highest BCUT2D eigenvalue weighted by molar-refractivity contribution is 8.18. The Hall–Kier alpha value is -3.00. The van der Waals surface area contributed by atoms with Crippen LogP contribution in [0.1, 0.15) is 11.4 Å². The van der Waals surface area contributed by atoms with Crippen molar-refractivity contribution >= 4 is 40.6 Å². The smallest absolute Gasteiger partial charge is 0.294 e. The van der Waals surface area contributed by atoms with Crippen molar-refractivity contribution in [2.75, 3.05) is 11.9 Å². The summed E-state index contributed by atoms with van der Waals surface area (Å²) in [5, 5.41) is 1.99. The molecule has 132 valence electrons. The first-order valence-corrected chi connectivity index (χ1v) is 8.48. The van der Waals surface area contributed by atoms with E-state index in [-0.39, 0.29) is 4.91 Å². The van der Waals surface area contributed by atoms with E-state index in [0.717, 1.165) is 22.4 Å². The highest BCUT2D eigenvalue weighted by Crippen LogP contribution is 2.31. The van der Waals surface area contributed by atoms with Gasteiger partial charge in [-0.15, -0.1) is 0 Å². The minimum Gasteiger partial charge on any atom is -0.325 e. The third-order valence-corrected chi connectivity index (χ3v) is 4.40. The van der Waals surface area contributed by atoms with Gasteiger partial charge in [-0.2, -0.15) is 0 Å². The lowest BCUT2D eigenvalue weighted by Gasteiger charge is -2.12. The first-order chi connectivity index (χ1) is 12.4. The standard InChI is InChI=1S/C18H14FN3O3S/c1-11-3-2-4-14(20-11)9-15-17(24)22(18(25)26-15)10-16(23)21-13-7-5-12(19)6-8-13/h2-9H,10H2,1H3,(H,21,23)/b15-9+. The number of aryl methyl sites for hydroxylation is 1. The van der Waals surface area contributed by atoms with Crippen molar-refractivity contribution in [2.45, 2.75) is 6.92 Å². The maximum Gasteiger partial charge on any atom is 0.294 e. The number of nitrogens with zero attached hydrogens (tertiary/aromatic N) is 2. The summed E-state index contributed by atoms with van der Waals surface area (Å²) >= 11 is 0.762. The van der Waals surface area contributed by atoms with Crippen molar-refractivity contribution in [2.24, 2.45) is 0 Å². The molecule has 0 unspecified atom stereocenters. The van der Waals surface area contributed by atoms with Gasteiger partial charge in [0.25, 0.3) is 11.1 Å². The summed E-state index contributed by atoms with van der Waals surface area (Å²) < 4.78 is 12.9. The second-order valence-electron chi connectivity index (χ2n) is 5.53. The average molecular weight is 371 g/mol. The predicted molar refractivity (Wildman–Crippen MR) is 96.7 cm³/mol. The molecule has 1 saturated heterocycles. The number of carbonyl (C=O) groups is 3. The van der Waals surface area contributed by atoms with E-state index in [1.54, 1.807) is 12.1 Å². The molecule has 3 rings (SSSR count). The summed E-state index contributed by atoms with van der Waals surface area (Å²) in [5.74, 6) is -1.52. The molecule has 3 amide bonds. The molecular weight excluding hydrogens is 357 g/mol. The summed E-state index contributed by atoms with van der Waals surface area (Å²) in [7, 11) is 0. The maximum atomic E-state index is 12.9. The number of aromatic nitrogens is 1. The van der Waals surface area contributed by atoms with Gasteiger partial charge in [0.1, 0.15) is 12.4 Å². The van der Waals surface area contributed by atoms with Gasteiger partial charge in [-0.05, 0) is 61.2 Å². The van der Waals surface area contributed by atoms with Gasteiger partial charge in [0.05, 0.1) is 10.6 Å². The van der Waals surface area contributed by atoms with Gasteiger partial charge in [0, 0.05) is 11.4 Å². The second-order valence-corrected chi connectivity index (χ2v) is 6.52. The third-order valence-electron chi connectivity index (χ3n) is 3.49. The lowest BCUT2D eigenvalue weighted by molar-refractivity contribution is -0.127. The summed E-state index contributed by atoms with van der Waals surface area (Å²) in [6.07, 6.45) is 1.52. The van der Waals surface area contributed by atoms with Gasteiger partial charge in [0.15, 0.2) is 0 Å². The number of pyridine rings is 1. The van der Waals surface area contributed by atoms with Crippen LogP contribution in [0.15, 0.2) is 47.4 Å². The Morgan fingerprint density at radius 1 is 1.23 bits per heavy atom. The predicted octanol–water partition coefficient (Wildman–Crippen LogP) is 3.20. The SMILES string of the molecule is Cc1cccc(/C=C2/SC(=O)N(CC(=O)Nc3ccc(F)cc3)C2=O)n1. The number of rotatable bonds is 4. The van der Waals surface area contributed by atoms with Crippen LogP contribution in [0.2, 0.25) is 0 Å². The number of hydrogen-bond acceptors (Lipinski definition) is 5. The van der Waals surface area contributed by atoms with E-state index in [9.17, 15) is 18.8 Å². The van der Waals surface area contributed by atoms with E-state index >= 15 is 0 Å². The van der Waals surface area contributed by atoms with Crippen LogP contribution in [-0.4, -0.2) is 33.5 Å². The highest BCUT2D eigenvalue weighted by atomic mass is 32.2. The summed E-state index contributed by atoms with van der Waals surface area (Å²) in [5.41, 5.74) is 1.73. The highest BCUT2D eigenvalue weighted by Gasteiger charge is 2.36. The Morgan fingerprint density at radius 2 is 1.96 bits per heavy atom. The molecule has 0 radical (unpaired) electrons. The number of carbonyl (C=O) groups excluding carboxylic acids is 3. The minimum absolute atomic E-state index is 0.211. The van der Waals surface area contributed by atoms with Gasteiger partial charge < -0.3 is 5.32 Å². The quantitative estimate of drug-likeness (QED) is 0.835. The van der Waals surface area contributed by atoms with Crippen LogP contribution in [0, 0.1) is 12.7 Å². The number of hydrogen-bond donors (Lipinski definition) is 1. The zero-order valence-corrected chi connectivity index (χ0v) is 14.5. The van der Waals surface area contributed by atoms with Crippen LogP contribution >= 0.6 is 11.8 Å². The molecule has 26 heavy (non-hydrogen) atoms. The third kappa shape index (κ3) is 4.15. The fourth-order valence-electron chi connectivity index (χ4n) is 2.29. The van der Waals surface area contributed by atoms with Crippen LogP contribution < -0.4 is 5.32 Å². The van der Waals surface area contributed by atoms with E-state index in [0.29, 0.717) is 11.4 Å². The fourth-order valence-corrected chi connectivity index (χ4v) is 3.12. The second kappa shape index (κ2) is 7.49. The Morgan fingerprint density at radius 3 is 2.65 bits per heavy atom. The zero-order chi connectivity index (χ0) is 18.7. The molecule has 0 atom stereocenters. The molecule has 0 spiro atoms. The molecule has 1 N–H and O–H groups in total. The molecule has 1 aliphatic rings. The monoisotopic (exact) mass is 371 g/mol. The van der Waals surface area contributed by atoms with Crippen LogP contribution in [0.4, 0.5) is 14.9 Å². The first kappa shape index (κ1) is 17.8. The van der Waals surface area contributed by atoms with Gasteiger partial charge in [-0.3, -0.25) is 24.3 Å². The Kier molecular flexibility index (Phi) is 5.13. The van der Waals surface area contributed by atoms with Crippen molar-refractivity contribution in [1.29, 1.82) is 0 Å². The van der Waals surface area contributed by atoms with E-state index < -0.39 is 29.4 Å². The molecule has 1 aromatic carbocycles. The number of anilines is 1. The lowest BCUT2D eigenvalue weighted by Crippen LogP contribution is -2.36. The number of nitrogens with one attached hydrogen (secondary N) is 1. The number of halogens is 1. The molecule has 1 aromatic heterocycles. The number of benzene rings is 1. The molecule has 1 fully saturated rings. The summed E-state index contributed by atoms with van der Waals surface area (Å²) in [6.45, 7) is 1.41. The van der Waals surface area contributed by atoms with Crippen LogP contribution in [0.3, 0.4) is 0 Å². The van der Waals surface area contributed by atoms with Gasteiger partial charge in [0.2, 0.25) is 5.91 Å². The molecule has 6 nitrogen and oxygen atoms in total. The van der Waals surface area contributed by atoms with E-state index in [2.05, 4.69) is 10.3 Å². The normalized spacial score (nSPS) is 15.6. The minimum atomic E-state index is -0.547. The average Bonchev–Trinajstić information content (AvgIpc) is 2.84. The topological polar surface area (TPSA) is 79.4 Å². The summed E-state index contributed by atoms with van der Waals surface area (Å²) in [4.78, 5) is 41.9. The number of imide groups is 1. The molecule has 8 heteroatoms. The van der Waals surface area contributed by atoms with E-state index in [1.165, 1.54) is 30.3 Å². The largest absolute Gasteiger partial charge is 0.325 e. The van der Waals surface area contributed by atoms with Crippen LogP contribution in [0.5, 0.6) is 0 Å². The zero-order valence-electron chi connectivity index (χ0n) is 13.7. The molecule has 0 saturated carbocycles. The van der Waals surface area contributed by atoms with Gasteiger partial charge in [-0.25, -0.2) is 4.39 Å². The Balaban J connectivity index is 1.69. The molecular formula is C18H14FN3O3S. The molecule has 0 bridgehead atoms.